The van der Waals surface area contributed by atoms with Crippen LogP contribution < -0.4 is 10.1 Å². The van der Waals surface area contributed by atoms with Gasteiger partial charge >= 0.3 is 6.03 Å². The Morgan fingerprint density at radius 3 is 2.73 bits per heavy atom. The lowest BCUT2D eigenvalue weighted by atomic mass is 9.98. The Kier molecular flexibility index (Phi) is 8.64. The molecule has 0 bridgehead atoms. The van der Waals surface area contributed by atoms with Crippen LogP contribution in [0.15, 0.2) is 53.0 Å². The quantitative estimate of drug-likeness (QED) is 0.478. The molecule has 2 amide bonds. The molecule has 4 rings (SSSR count). The van der Waals surface area contributed by atoms with Gasteiger partial charge in [-0.2, -0.15) is 0 Å². The van der Waals surface area contributed by atoms with Crippen LogP contribution in [0.5, 0.6) is 5.75 Å². The van der Waals surface area contributed by atoms with Crippen molar-refractivity contribution in [3.8, 4) is 5.75 Å². The minimum Gasteiger partial charge on any atom is -0.491 e. The van der Waals surface area contributed by atoms with E-state index >= 15 is 0 Å². The van der Waals surface area contributed by atoms with Crippen LogP contribution in [-0.4, -0.2) is 68.4 Å². The number of carbonyl (C=O) groups excluding carboxylic acids is 1. The van der Waals surface area contributed by atoms with Crippen molar-refractivity contribution in [3.05, 3.63) is 64.1 Å². The molecule has 2 aromatic rings. The normalized spacial score (nSPS) is 21.3. The zero-order valence-electron chi connectivity index (χ0n) is 19.3. The number of amides is 2. The molecule has 178 valence electrons. The van der Waals surface area contributed by atoms with E-state index in [1.807, 2.05) is 29.2 Å². The summed E-state index contributed by atoms with van der Waals surface area (Å²) in [5.41, 5.74) is 2.46. The highest BCUT2D eigenvalue weighted by Crippen LogP contribution is 2.28. The maximum Gasteiger partial charge on any atom is 0.317 e. The van der Waals surface area contributed by atoms with Gasteiger partial charge in [-0.05, 0) is 61.1 Å². The van der Waals surface area contributed by atoms with E-state index in [0.29, 0.717) is 25.7 Å². The average molecular weight is 516 g/mol. The monoisotopic (exact) mass is 515 g/mol. The van der Waals surface area contributed by atoms with Crippen LogP contribution in [-0.2, 0) is 17.7 Å². The predicted octanol–water partition coefficient (Wildman–Crippen LogP) is 4.32. The summed E-state index contributed by atoms with van der Waals surface area (Å²) >= 11 is 3.70. The third kappa shape index (κ3) is 6.95. The van der Waals surface area contributed by atoms with Gasteiger partial charge in [0.05, 0.1) is 6.61 Å². The maximum atomic E-state index is 12.6. The van der Waals surface area contributed by atoms with E-state index in [1.165, 1.54) is 17.5 Å². The van der Waals surface area contributed by atoms with Gasteiger partial charge < -0.3 is 24.6 Å². The van der Waals surface area contributed by atoms with Crippen LogP contribution in [0.4, 0.5) is 4.79 Å². The lowest BCUT2D eigenvalue weighted by Gasteiger charge is -2.35. The van der Waals surface area contributed by atoms with Crippen LogP contribution >= 0.6 is 15.9 Å². The molecule has 2 fully saturated rings. The molecule has 0 radical (unpaired) electrons. The second-order valence-corrected chi connectivity index (χ2v) is 9.91. The van der Waals surface area contributed by atoms with Crippen LogP contribution in [0.1, 0.15) is 24.0 Å². The van der Waals surface area contributed by atoms with E-state index in [-0.39, 0.29) is 12.1 Å². The van der Waals surface area contributed by atoms with Crippen molar-refractivity contribution >= 4 is 22.0 Å². The molecule has 33 heavy (non-hydrogen) atoms. The van der Waals surface area contributed by atoms with E-state index in [0.717, 1.165) is 49.2 Å². The number of carbonyl (C=O) groups is 1. The summed E-state index contributed by atoms with van der Waals surface area (Å²) in [7, 11) is 1.68. The summed E-state index contributed by atoms with van der Waals surface area (Å²) in [4.78, 5) is 17.0. The Morgan fingerprint density at radius 1 is 1.09 bits per heavy atom. The van der Waals surface area contributed by atoms with Crippen molar-refractivity contribution in [2.75, 3.05) is 46.5 Å². The minimum absolute atomic E-state index is 0.0556. The summed E-state index contributed by atoms with van der Waals surface area (Å²) in [6, 6.07) is 16.7. The van der Waals surface area contributed by atoms with E-state index in [4.69, 9.17) is 9.47 Å². The molecule has 2 unspecified atom stereocenters. The Labute approximate surface area is 205 Å². The Bertz CT molecular complexity index is 911. The molecule has 2 aliphatic heterocycles. The smallest absolute Gasteiger partial charge is 0.317 e. The zero-order chi connectivity index (χ0) is 23.0. The third-order valence-electron chi connectivity index (χ3n) is 6.51. The van der Waals surface area contributed by atoms with Gasteiger partial charge in [-0.15, -0.1) is 0 Å². The van der Waals surface area contributed by atoms with E-state index in [1.54, 1.807) is 7.11 Å². The van der Waals surface area contributed by atoms with E-state index in [2.05, 4.69) is 50.4 Å². The Balaban J connectivity index is 1.23. The SMILES string of the molecule is COCCOc1ccc(Br)c(CC2CCN(CC3CCN(Cc4ccccc4)C(=O)N3)C2)c1. The number of likely N-dealkylation sites (tertiary alicyclic amines) is 1. The molecular formula is C26H34BrN3O3. The highest BCUT2D eigenvalue weighted by atomic mass is 79.9. The number of rotatable bonds is 10. The molecule has 6 nitrogen and oxygen atoms in total. The van der Waals surface area contributed by atoms with Crippen LogP contribution in [0.25, 0.3) is 0 Å². The van der Waals surface area contributed by atoms with Crippen molar-refractivity contribution in [3.63, 3.8) is 0 Å². The Morgan fingerprint density at radius 2 is 1.94 bits per heavy atom. The van der Waals surface area contributed by atoms with Crippen molar-refractivity contribution < 1.29 is 14.3 Å². The van der Waals surface area contributed by atoms with Gasteiger partial charge in [-0.1, -0.05) is 46.3 Å². The molecule has 0 saturated carbocycles. The first-order valence-corrected chi connectivity index (χ1v) is 12.6. The summed E-state index contributed by atoms with van der Waals surface area (Å²) < 4.78 is 12.0. The minimum atomic E-state index is 0.0556. The molecule has 1 N–H and O–H groups in total. The van der Waals surface area contributed by atoms with Crippen LogP contribution in [0.3, 0.4) is 0 Å². The molecule has 2 heterocycles. The number of halogens is 1. The third-order valence-corrected chi connectivity index (χ3v) is 7.28. The molecule has 0 aliphatic carbocycles. The van der Waals surface area contributed by atoms with Gasteiger partial charge in [-0.3, -0.25) is 0 Å². The molecular weight excluding hydrogens is 482 g/mol. The summed E-state index contributed by atoms with van der Waals surface area (Å²) in [5.74, 6) is 1.51. The topological polar surface area (TPSA) is 54.0 Å². The van der Waals surface area contributed by atoms with E-state index < -0.39 is 0 Å². The predicted molar refractivity (Wildman–Crippen MR) is 134 cm³/mol. The lowest BCUT2D eigenvalue weighted by Crippen LogP contribution is -2.54. The van der Waals surface area contributed by atoms with Gasteiger partial charge in [0.1, 0.15) is 12.4 Å². The average Bonchev–Trinajstić information content (AvgIpc) is 3.25. The van der Waals surface area contributed by atoms with Crippen molar-refractivity contribution in [1.29, 1.82) is 0 Å². The van der Waals surface area contributed by atoms with Gasteiger partial charge in [0, 0.05) is 43.8 Å². The standard InChI is InChI=1S/C26H34BrN3O3/c1-32-13-14-33-24-7-8-25(27)22(16-24)15-21-9-11-29(17-21)19-23-10-12-30(26(31)28-23)18-20-5-3-2-4-6-20/h2-8,16,21,23H,9-15,17-19H2,1H3,(H,28,31). The van der Waals surface area contributed by atoms with Crippen LogP contribution in [0, 0.1) is 5.92 Å². The molecule has 2 aromatic carbocycles. The number of benzene rings is 2. The number of hydrogen-bond acceptors (Lipinski definition) is 4. The fourth-order valence-electron chi connectivity index (χ4n) is 4.75. The maximum absolute atomic E-state index is 12.6. The highest BCUT2D eigenvalue weighted by molar-refractivity contribution is 9.10. The van der Waals surface area contributed by atoms with Crippen molar-refractivity contribution in [2.24, 2.45) is 5.92 Å². The van der Waals surface area contributed by atoms with Gasteiger partial charge in [-0.25, -0.2) is 4.79 Å². The fourth-order valence-corrected chi connectivity index (χ4v) is 5.16. The lowest BCUT2D eigenvalue weighted by molar-refractivity contribution is 0.146. The summed E-state index contributed by atoms with van der Waals surface area (Å²) in [6.07, 6.45) is 3.20. The number of ether oxygens (including phenoxy) is 2. The van der Waals surface area contributed by atoms with Crippen LogP contribution in [0.2, 0.25) is 0 Å². The number of methoxy groups -OCH3 is 1. The number of nitrogens with zero attached hydrogens (tertiary/aromatic N) is 2. The van der Waals surface area contributed by atoms with Gasteiger partial charge in [0.25, 0.3) is 0 Å². The zero-order valence-corrected chi connectivity index (χ0v) is 20.9. The molecule has 2 aliphatic rings. The molecule has 7 heteroatoms. The Hall–Kier alpha value is -2.09. The van der Waals surface area contributed by atoms with Crippen molar-refractivity contribution in [2.45, 2.75) is 31.8 Å². The second kappa shape index (κ2) is 11.9. The summed E-state index contributed by atoms with van der Waals surface area (Å²) in [6.45, 7) is 5.73. The molecule has 0 aromatic heterocycles. The van der Waals surface area contributed by atoms with E-state index in [9.17, 15) is 4.79 Å². The summed E-state index contributed by atoms with van der Waals surface area (Å²) in [5, 5.41) is 3.23. The largest absolute Gasteiger partial charge is 0.491 e. The number of nitrogens with one attached hydrogen (secondary N) is 1. The van der Waals surface area contributed by atoms with Gasteiger partial charge in [0.15, 0.2) is 0 Å². The first kappa shape index (κ1) is 24.0. The first-order chi connectivity index (χ1) is 16.1. The molecule has 0 spiro atoms. The number of hydrogen-bond donors (Lipinski definition) is 1. The van der Waals surface area contributed by atoms with Gasteiger partial charge in [0.2, 0.25) is 0 Å². The highest BCUT2D eigenvalue weighted by Gasteiger charge is 2.29. The first-order valence-electron chi connectivity index (χ1n) is 11.8. The second-order valence-electron chi connectivity index (χ2n) is 9.06. The fraction of sp³-hybridized carbons (Fsp3) is 0.500. The number of urea groups is 1. The molecule has 2 saturated heterocycles. The van der Waals surface area contributed by atoms with Crippen molar-refractivity contribution in [1.82, 2.24) is 15.1 Å². The molecule has 2 atom stereocenters.